The van der Waals surface area contributed by atoms with Gasteiger partial charge in [0.15, 0.2) is 0 Å². The van der Waals surface area contributed by atoms with Crippen molar-refractivity contribution in [1.29, 1.82) is 0 Å². The lowest BCUT2D eigenvalue weighted by molar-refractivity contribution is -0.142. The Balaban J connectivity index is 0.00000154. The summed E-state index contributed by atoms with van der Waals surface area (Å²) in [6, 6.07) is -0.748. The molecule has 0 saturated heterocycles. The molecule has 0 spiro atoms. The number of ether oxygens (including phenoxy) is 4. The normalized spacial score (nSPS) is 12.8. The Labute approximate surface area is 435 Å². The van der Waals surface area contributed by atoms with Crippen molar-refractivity contribution in [2.75, 3.05) is 72.5 Å². The number of nitrogens with zero attached hydrogens (tertiary/aromatic N) is 3. The lowest BCUT2D eigenvalue weighted by Gasteiger charge is -2.19. The number of nitrogens with one attached hydrogen (secondary N) is 3. The van der Waals surface area contributed by atoms with Crippen LogP contribution in [-0.4, -0.2) is 141 Å². The van der Waals surface area contributed by atoms with Crippen molar-refractivity contribution in [2.24, 2.45) is 26.8 Å². The highest BCUT2D eigenvalue weighted by Gasteiger charge is 2.26. The van der Waals surface area contributed by atoms with Crippen LogP contribution in [0.4, 0.5) is 0 Å². The van der Waals surface area contributed by atoms with Crippen LogP contribution in [0, 0.1) is 11.3 Å². The van der Waals surface area contributed by atoms with E-state index in [1.807, 2.05) is 27.7 Å². The van der Waals surface area contributed by atoms with Crippen molar-refractivity contribution in [1.82, 2.24) is 16.0 Å². The molecule has 0 fully saturated rings. The summed E-state index contributed by atoms with van der Waals surface area (Å²) in [4.78, 5) is 93.0. The average molecular weight is 1040 g/mol. The number of ketones is 3. The van der Waals surface area contributed by atoms with E-state index in [1.165, 1.54) is 64.2 Å². The molecule has 420 valence electrons. The summed E-state index contributed by atoms with van der Waals surface area (Å²) in [5, 5.41) is 37.4. The second-order valence-corrected chi connectivity index (χ2v) is 19.5. The number of carbonyl (C=O) groups is 8. The molecule has 0 aliphatic carbocycles. The molecule has 0 radical (unpaired) electrons. The molecule has 73 heavy (non-hydrogen) atoms. The molecule has 1 aliphatic rings. The zero-order valence-electron chi connectivity index (χ0n) is 45.2. The maximum Gasteiger partial charge on any atom is 0.326 e. The van der Waals surface area contributed by atoms with Gasteiger partial charge in [-0.05, 0) is 56.6 Å². The van der Waals surface area contributed by atoms with Crippen molar-refractivity contribution in [3.63, 3.8) is 0 Å². The number of carboxylic acid groups (broad SMARTS) is 2. The van der Waals surface area contributed by atoms with E-state index in [0.717, 1.165) is 31.4 Å². The van der Waals surface area contributed by atoms with E-state index in [4.69, 9.17) is 29.2 Å². The monoisotopic (exact) mass is 1040 g/mol. The van der Waals surface area contributed by atoms with E-state index < -0.39 is 35.7 Å². The lowest BCUT2D eigenvalue weighted by Crippen LogP contribution is -2.40. The second kappa shape index (κ2) is 46.0. The topological polar surface area (TPSA) is 287 Å². The predicted molar refractivity (Wildman–Crippen MR) is 278 cm³/mol. The van der Waals surface area contributed by atoms with Gasteiger partial charge in [0.1, 0.15) is 49.6 Å². The third-order valence-corrected chi connectivity index (χ3v) is 12.0. The maximum atomic E-state index is 12.3. The molecule has 0 saturated carbocycles. The fourth-order valence-corrected chi connectivity index (χ4v) is 7.40. The lowest BCUT2D eigenvalue weighted by atomic mass is 9.84. The quantitative estimate of drug-likeness (QED) is 0.0286. The number of Topliss-reactive ketones (excluding diaryl/α,β-unsaturated/α-hetero) is 3. The van der Waals surface area contributed by atoms with Crippen LogP contribution in [0.3, 0.4) is 0 Å². The number of aliphatic carboxylic acids is 2. The summed E-state index contributed by atoms with van der Waals surface area (Å²) < 4.78 is 21.2. The van der Waals surface area contributed by atoms with Gasteiger partial charge >= 0.3 is 11.9 Å². The molecule has 0 aromatic heterocycles. The molecule has 1 unspecified atom stereocenters. The first-order chi connectivity index (χ1) is 35.0. The highest BCUT2D eigenvalue weighted by molar-refractivity contribution is 5.96. The zero-order valence-corrected chi connectivity index (χ0v) is 45.2. The van der Waals surface area contributed by atoms with E-state index in [-0.39, 0.29) is 81.1 Å². The minimum atomic E-state index is -1.18. The van der Waals surface area contributed by atoms with Crippen molar-refractivity contribution in [2.45, 2.75) is 201 Å². The molecule has 0 bridgehead atoms. The summed E-state index contributed by atoms with van der Waals surface area (Å²) in [6.07, 6.45) is 21.4. The second-order valence-electron chi connectivity index (χ2n) is 19.5. The first-order valence-electron chi connectivity index (χ1n) is 27.1. The smallest absolute Gasteiger partial charge is 0.326 e. The van der Waals surface area contributed by atoms with Gasteiger partial charge in [-0.2, -0.15) is 5.11 Å². The Kier molecular flexibility index (Phi) is 43.2. The first-order valence-corrected chi connectivity index (χ1v) is 27.1. The van der Waals surface area contributed by atoms with E-state index in [0.29, 0.717) is 90.6 Å². The minimum absolute atomic E-state index is 0.0314. The molecular formula is C53H94N6O14. The van der Waals surface area contributed by atoms with Gasteiger partial charge < -0.3 is 45.1 Å². The highest BCUT2D eigenvalue weighted by atomic mass is 16.5. The molecule has 5 N–H and O–H groups in total. The summed E-state index contributed by atoms with van der Waals surface area (Å²) in [6.45, 7) is 12.1. The Bertz CT molecular complexity index is 1620. The SMILES string of the molecule is CCC(=O)CCCOCCOCC(=O)NCCOCCOCC(=O)NCCCC[C@H](CCC(=O)C(C)(C)C)C(=O)CC(=O)O.CCC(NC(=O)CCCCCCCCCCCCCCCC1=NN=NC1)C(=O)O. The molecule has 1 rings (SSSR count). The van der Waals surface area contributed by atoms with E-state index in [2.05, 4.69) is 31.4 Å². The summed E-state index contributed by atoms with van der Waals surface area (Å²) in [5.41, 5.74) is 0.624. The van der Waals surface area contributed by atoms with Gasteiger partial charge in [-0.3, -0.25) is 33.6 Å². The predicted octanol–water partition coefficient (Wildman–Crippen LogP) is 7.91. The number of hydrogen-bond acceptors (Lipinski definition) is 15. The van der Waals surface area contributed by atoms with Gasteiger partial charge in [0, 0.05) is 56.7 Å². The Morgan fingerprint density at radius 1 is 0.589 bits per heavy atom. The fourth-order valence-electron chi connectivity index (χ4n) is 7.40. The Morgan fingerprint density at radius 2 is 1.14 bits per heavy atom. The fraction of sp³-hybridized carbons (Fsp3) is 0.830. The molecule has 2 atom stereocenters. The third-order valence-electron chi connectivity index (χ3n) is 12.0. The van der Waals surface area contributed by atoms with Crippen molar-refractivity contribution < 1.29 is 67.5 Å². The molecule has 20 heteroatoms. The Morgan fingerprint density at radius 3 is 1.66 bits per heavy atom. The van der Waals surface area contributed by atoms with E-state index in [1.54, 1.807) is 6.92 Å². The van der Waals surface area contributed by atoms with E-state index in [9.17, 15) is 38.4 Å². The standard InChI is InChI=1S/C31H54N2O11.C22H40N4O3/c1-5-25(34)10-8-15-41-17-19-43-23-29(38)33-14-16-42-18-20-44-22-28(37)32-13-7-6-9-24(26(35)21-30(39)40)11-12-27(36)31(2,3)4;1-2-20(22(28)29)24-21(27)17-15-13-11-9-7-5-3-4-6-8-10-12-14-16-19-18-23-26-25-19/h24H,5-23H2,1-4H3,(H,32,37)(H,33,38)(H,39,40);20H,2-18H2,1H3,(H,24,27)(H,28,29)/t24-;/m1./s1. The first kappa shape index (κ1) is 68.5. The largest absolute Gasteiger partial charge is 0.481 e. The van der Waals surface area contributed by atoms with Crippen molar-refractivity contribution in [3.05, 3.63) is 0 Å². The molecule has 20 nitrogen and oxygen atoms in total. The summed E-state index contributed by atoms with van der Waals surface area (Å²) in [7, 11) is 0. The minimum Gasteiger partial charge on any atom is -0.481 e. The van der Waals surface area contributed by atoms with Gasteiger partial charge in [0.25, 0.3) is 0 Å². The van der Waals surface area contributed by atoms with Crippen LogP contribution in [0.15, 0.2) is 15.4 Å². The Hall–Kier alpha value is -4.53. The van der Waals surface area contributed by atoms with Crippen LogP contribution in [0.1, 0.15) is 195 Å². The van der Waals surface area contributed by atoms with Crippen LogP contribution in [0.25, 0.3) is 0 Å². The highest BCUT2D eigenvalue weighted by Crippen LogP contribution is 2.23. The van der Waals surface area contributed by atoms with Gasteiger partial charge in [-0.1, -0.05) is 112 Å². The third kappa shape index (κ3) is 43.6. The van der Waals surface area contributed by atoms with Crippen LogP contribution < -0.4 is 16.0 Å². The molecule has 1 aliphatic heterocycles. The van der Waals surface area contributed by atoms with Crippen molar-refractivity contribution in [3.8, 4) is 0 Å². The molecule has 1 heterocycles. The molecule has 3 amide bonds. The number of unbranched alkanes of at least 4 members (excludes halogenated alkanes) is 13. The zero-order chi connectivity index (χ0) is 54.4. The molecule has 0 aromatic rings. The van der Waals surface area contributed by atoms with Crippen LogP contribution in [-0.2, 0) is 57.3 Å². The van der Waals surface area contributed by atoms with Crippen LogP contribution in [0.2, 0.25) is 0 Å². The van der Waals surface area contributed by atoms with Gasteiger partial charge in [-0.15, -0.1) is 5.10 Å². The van der Waals surface area contributed by atoms with Gasteiger partial charge in [-0.25, -0.2) is 4.79 Å². The number of carbonyl (C=O) groups excluding carboxylic acids is 6. The molecular weight excluding hydrogens is 945 g/mol. The van der Waals surface area contributed by atoms with Crippen molar-refractivity contribution >= 4 is 52.7 Å². The summed E-state index contributed by atoms with van der Waals surface area (Å²) in [5.74, 6) is -3.46. The number of carboxylic acids is 2. The maximum absolute atomic E-state index is 12.3. The van der Waals surface area contributed by atoms with Gasteiger partial charge in [0.05, 0.1) is 38.7 Å². The van der Waals surface area contributed by atoms with Crippen LogP contribution >= 0.6 is 0 Å². The van der Waals surface area contributed by atoms with E-state index >= 15 is 0 Å². The number of hydrogen-bond donors (Lipinski definition) is 5. The average Bonchev–Trinajstić information content (AvgIpc) is 3.87. The number of rotatable bonds is 48. The number of amides is 3. The van der Waals surface area contributed by atoms with Crippen LogP contribution in [0.5, 0.6) is 0 Å². The summed E-state index contributed by atoms with van der Waals surface area (Å²) >= 11 is 0. The molecule has 0 aromatic carbocycles. The van der Waals surface area contributed by atoms with Gasteiger partial charge in [0.2, 0.25) is 17.7 Å².